The summed E-state index contributed by atoms with van der Waals surface area (Å²) in [4.78, 5) is 10.9. The molecule has 0 heterocycles. The second-order valence-corrected chi connectivity index (χ2v) is 6.24. The minimum Gasteiger partial charge on any atom is -0.493 e. The van der Waals surface area contributed by atoms with Crippen LogP contribution in [0.2, 0.25) is 0 Å². The van der Waals surface area contributed by atoms with Gasteiger partial charge in [0.1, 0.15) is 5.82 Å². The lowest BCUT2D eigenvalue weighted by Gasteiger charge is -2.14. The first-order valence-corrected chi connectivity index (χ1v) is 8.52. The minimum atomic E-state index is -0.562. The number of nitrogens with two attached hydrogens (primary N) is 1. The summed E-state index contributed by atoms with van der Waals surface area (Å²) in [6, 6.07) is 10.4. The first kappa shape index (κ1) is 19.2. The molecule has 3 N–H and O–H groups in total. The summed E-state index contributed by atoms with van der Waals surface area (Å²) in [6.45, 7) is 0.996. The Labute approximate surface area is 154 Å². The SMILES string of the molecule is COc1cc(CNCCc2ccccc2F)cc(Br)c1OCC(N)=O. The number of nitrogens with one attached hydrogen (secondary N) is 1. The van der Waals surface area contributed by atoms with E-state index in [9.17, 15) is 9.18 Å². The summed E-state index contributed by atoms with van der Waals surface area (Å²) >= 11 is 3.41. The molecule has 0 atom stereocenters. The molecule has 2 rings (SSSR count). The van der Waals surface area contributed by atoms with Gasteiger partial charge in [-0.05, 0) is 58.2 Å². The minimum absolute atomic E-state index is 0.190. The first-order chi connectivity index (χ1) is 12.0. The number of carbonyl (C=O) groups is 1. The van der Waals surface area contributed by atoms with Crippen molar-refractivity contribution in [2.24, 2.45) is 5.73 Å². The van der Waals surface area contributed by atoms with Gasteiger partial charge in [-0.15, -0.1) is 0 Å². The van der Waals surface area contributed by atoms with Crippen LogP contribution in [0.5, 0.6) is 11.5 Å². The van der Waals surface area contributed by atoms with Crippen molar-refractivity contribution >= 4 is 21.8 Å². The molecule has 0 saturated carbocycles. The number of benzene rings is 2. The molecule has 25 heavy (non-hydrogen) atoms. The van der Waals surface area contributed by atoms with Crippen LogP contribution in [0.25, 0.3) is 0 Å². The predicted molar refractivity (Wildman–Crippen MR) is 97.2 cm³/mol. The third-order valence-electron chi connectivity index (χ3n) is 3.51. The zero-order valence-corrected chi connectivity index (χ0v) is 15.4. The van der Waals surface area contributed by atoms with Crippen molar-refractivity contribution in [2.45, 2.75) is 13.0 Å². The van der Waals surface area contributed by atoms with Crippen LogP contribution in [-0.2, 0) is 17.8 Å². The number of halogens is 2. The highest BCUT2D eigenvalue weighted by atomic mass is 79.9. The first-order valence-electron chi connectivity index (χ1n) is 7.73. The molecule has 2 aromatic carbocycles. The molecule has 2 aromatic rings. The Balaban J connectivity index is 1.94. The molecule has 0 radical (unpaired) electrons. The van der Waals surface area contributed by atoms with Crippen molar-refractivity contribution in [1.82, 2.24) is 5.32 Å². The summed E-state index contributed by atoms with van der Waals surface area (Å²) in [6.07, 6.45) is 0.602. The Bertz CT molecular complexity index is 740. The van der Waals surface area contributed by atoms with Crippen LogP contribution in [0.15, 0.2) is 40.9 Å². The lowest BCUT2D eigenvalue weighted by Crippen LogP contribution is -2.20. The number of methoxy groups -OCH3 is 1. The molecule has 0 aromatic heterocycles. The summed E-state index contributed by atoms with van der Waals surface area (Å²) in [7, 11) is 1.52. The van der Waals surface area contributed by atoms with Gasteiger partial charge in [0.2, 0.25) is 0 Å². The molecule has 5 nitrogen and oxygen atoms in total. The van der Waals surface area contributed by atoms with Crippen molar-refractivity contribution < 1.29 is 18.7 Å². The maximum absolute atomic E-state index is 13.6. The number of ether oxygens (including phenoxy) is 2. The van der Waals surface area contributed by atoms with E-state index in [0.29, 0.717) is 41.0 Å². The third-order valence-corrected chi connectivity index (χ3v) is 4.10. The van der Waals surface area contributed by atoms with Crippen LogP contribution < -0.4 is 20.5 Å². The maximum Gasteiger partial charge on any atom is 0.255 e. The largest absolute Gasteiger partial charge is 0.493 e. The van der Waals surface area contributed by atoms with E-state index in [2.05, 4.69) is 21.2 Å². The average Bonchev–Trinajstić information content (AvgIpc) is 2.58. The maximum atomic E-state index is 13.6. The van der Waals surface area contributed by atoms with Gasteiger partial charge < -0.3 is 20.5 Å². The van der Waals surface area contributed by atoms with Gasteiger partial charge >= 0.3 is 0 Å². The normalized spacial score (nSPS) is 10.5. The molecule has 1 amide bonds. The standard InChI is InChI=1S/C18H20BrFN2O3/c1-24-16-9-12(8-14(19)18(16)25-11-17(21)23)10-22-7-6-13-4-2-3-5-15(13)20/h2-5,8-9,22H,6-7,10-11H2,1H3,(H2,21,23). The molecule has 0 aliphatic carbocycles. The van der Waals surface area contributed by atoms with E-state index >= 15 is 0 Å². The number of carbonyl (C=O) groups excluding carboxylic acids is 1. The summed E-state index contributed by atoms with van der Waals surface area (Å²) < 4.78 is 24.9. The molecule has 0 unspecified atom stereocenters. The fraction of sp³-hybridized carbons (Fsp3) is 0.278. The second kappa shape index (κ2) is 9.39. The molecule has 0 saturated heterocycles. The van der Waals surface area contributed by atoms with E-state index in [4.69, 9.17) is 15.2 Å². The quantitative estimate of drug-likeness (QED) is 0.623. The van der Waals surface area contributed by atoms with Crippen molar-refractivity contribution in [3.8, 4) is 11.5 Å². The average molecular weight is 411 g/mol. The topological polar surface area (TPSA) is 73.6 Å². The van der Waals surface area contributed by atoms with Gasteiger partial charge in [0.25, 0.3) is 5.91 Å². The molecular formula is C18H20BrFN2O3. The van der Waals surface area contributed by atoms with Crippen LogP contribution in [0.1, 0.15) is 11.1 Å². The van der Waals surface area contributed by atoms with Gasteiger partial charge in [-0.25, -0.2) is 4.39 Å². The van der Waals surface area contributed by atoms with Gasteiger partial charge in [-0.1, -0.05) is 18.2 Å². The fourth-order valence-corrected chi connectivity index (χ4v) is 2.92. The Morgan fingerprint density at radius 1 is 1.32 bits per heavy atom. The highest BCUT2D eigenvalue weighted by Gasteiger charge is 2.12. The summed E-state index contributed by atoms with van der Waals surface area (Å²) in [5.74, 6) is 0.176. The predicted octanol–water partition coefficient (Wildman–Crippen LogP) is 2.79. The van der Waals surface area contributed by atoms with Crippen LogP contribution in [0.3, 0.4) is 0 Å². The van der Waals surface area contributed by atoms with Crippen LogP contribution in [-0.4, -0.2) is 26.2 Å². The van der Waals surface area contributed by atoms with Crippen LogP contribution in [0, 0.1) is 5.82 Å². The van der Waals surface area contributed by atoms with Gasteiger partial charge in [0, 0.05) is 6.54 Å². The van der Waals surface area contributed by atoms with E-state index in [-0.39, 0.29) is 12.4 Å². The number of hydrogen-bond acceptors (Lipinski definition) is 4. The summed E-state index contributed by atoms with van der Waals surface area (Å²) in [5.41, 5.74) is 6.74. The van der Waals surface area contributed by atoms with Crippen LogP contribution >= 0.6 is 15.9 Å². The Morgan fingerprint density at radius 3 is 2.76 bits per heavy atom. The fourth-order valence-electron chi connectivity index (χ4n) is 2.32. The van der Waals surface area contributed by atoms with Gasteiger partial charge in [0.05, 0.1) is 11.6 Å². The molecule has 0 spiro atoms. The zero-order valence-electron chi connectivity index (χ0n) is 13.9. The van der Waals surface area contributed by atoms with E-state index in [1.54, 1.807) is 12.1 Å². The van der Waals surface area contributed by atoms with Crippen molar-refractivity contribution in [1.29, 1.82) is 0 Å². The lowest BCUT2D eigenvalue weighted by molar-refractivity contribution is -0.119. The molecule has 0 aliphatic rings. The molecule has 0 fully saturated rings. The van der Waals surface area contributed by atoms with Crippen molar-refractivity contribution in [2.75, 3.05) is 20.3 Å². The highest BCUT2D eigenvalue weighted by molar-refractivity contribution is 9.10. The summed E-state index contributed by atoms with van der Waals surface area (Å²) in [5, 5.41) is 3.27. The van der Waals surface area contributed by atoms with Crippen molar-refractivity contribution in [3.63, 3.8) is 0 Å². The number of amides is 1. The highest BCUT2D eigenvalue weighted by Crippen LogP contribution is 2.36. The van der Waals surface area contributed by atoms with Crippen molar-refractivity contribution in [3.05, 3.63) is 57.8 Å². The number of rotatable bonds is 9. The van der Waals surface area contributed by atoms with Gasteiger partial charge in [-0.2, -0.15) is 0 Å². The smallest absolute Gasteiger partial charge is 0.255 e. The van der Waals surface area contributed by atoms with E-state index in [1.807, 2.05) is 18.2 Å². The monoisotopic (exact) mass is 410 g/mol. The molecule has 7 heteroatoms. The number of hydrogen-bond donors (Lipinski definition) is 2. The molecule has 0 bridgehead atoms. The zero-order chi connectivity index (χ0) is 18.2. The third kappa shape index (κ3) is 5.72. The van der Waals surface area contributed by atoms with E-state index in [1.165, 1.54) is 13.2 Å². The molecular weight excluding hydrogens is 391 g/mol. The van der Waals surface area contributed by atoms with Gasteiger partial charge in [-0.3, -0.25) is 4.79 Å². The Hall–Kier alpha value is -2.12. The Kier molecular flexibility index (Phi) is 7.21. The van der Waals surface area contributed by atoms with E-state index in [0.717, 1.165) is 5.56 Å². The van der Waals surface area contributed by atoms with Crippen LogP contribution in [0.4, 0.5) is 4.39 Å². The molecule has 0 aliphatic heterocycles. The lowest BCUT2D eigenvalue weighted by atomic mass is 10.1. The Morgan fingerprint density at radius 2 is 2.08 bits per heavy atom. The second-order valence-electron chi connectivity index (χ2n) is 5.38. The van der Waals surface area contributed by atoms with Gasteiger partial charge in [0.15, 0.2) is 18.1 Å². The molecule has 134 valence electrons. The number of primary amides is 1. The van der Waals surface area contributed by atoms with E-state index < -0.39 is 5.91 Å².